The van der Waals surface area contributed by atoms with Crippen molar-refractivity contribution < 1.29 is 24.1 Å². The third-order valence-electron chi connectivity index (χ3n) is 7.01. The van der Waals surface area contributed by atoms with Crippen LogP contribution in [0.4, 0.5) is 0 Å². The molecule has 1 amide bonds. The van der Waals surface area contributed by atoms with E-state index in [-0.39, 0.29) is 23.5 Å². The molecule has 30 heavy (non-hydrogen) atoms. The molecule has 3 fully saturated rings. The van der Waals surface area contributed by atoms with Crippen LogP contribution >= 0.6 is 0 Å². The standard InChI is InChI=1S/C23H34N2O5/c1-28-19-11-17(12-20(13-19)29-2)22(27)25-9-5-23(6-10-25)14-21(30-16-23)15-24-7-3-18(26)4-8-24/h11-13,18,21,26H,3-10,14-16H2,1-2H3/t21-/m1/s1. The van der Waals surface area contributed by atoms with Crippen LogP contribution in [0.5, 0.6) is 11.5 Å². The minimum atomic E-state index is -0.136. The van der Waals surface area contributed by atoms with Crippen LogP contribution in [0.3, 0.4) is 0 Å². The second-order valence-corrected chi connectivity index (χ2v) is 9.06. The molecule has 7 heteroatoms. The highest BCUT2D eigenvalue weighted by molar-refractivity contribution is 5.95. The van der Waals surface area contributed by atoms with Crippen molar-refractivity contribution in [2.24, 2.45) is 5.41 Å². The Labute approximate surface area is 178 Å². The second kappa shape index (κ2) is 9.12. The fourth-order valence-corrected chi connectivity index (χ4v) is 5.05. The molecular formula is C23H34N2O5. The van der Waals surface area contributed by atoms with Crippen LogP contribution < -0.4 is 9.47 Å². The molecule has 0 radical (unpaired) electrons. The molecule has 1 aromatic carbocycles. The molecule has 7 nitrogen and oxygen atoms in total. The predicted octanol–water partition coefficient (Wildman–Crippen LogP) is 2.17. The fourth-order valence-electron chi connectivity index (χ4n) is 5.05. The summed E-state index contributed by atoms with van der Waals surface area (Å²) in [6.45, 7) is 5.18. The lowest BCUT2D eigenvalue weighted by Crippen LogP contribution is -2.44. The van der Waals surface area contributed by atoms with E-state index in [1.807, 2.05) is 4.90 Å². The van der Waals surface area contributed by atoms with Gasteiger partial charge in [-0.15, -0.1) is 0 Å². The zero-order valence-electron chi connectivity index (χ0n) is 18.1. The number of aliphatic hydroxyl groups excluding tert-OH is 1. The Morgan fingerprint density at radius 3 is 2.33 bits per heavy atom. The molecular weight excluding hydrogens is 384 g/mol. The first-order valence-corrected chi connectivity index (χ1v) is 11.0. The van der Waals surface area contributed by atoms with Gasteiger partial charge in [-0.1, -0.05) is 0 Å². The molecule has 3 aliphatic rings. The first-order valence-electron chi connectivity index (χ1n) is 11.0. The summed E-state index contributed by atoms with van der Waals surface area (Å²) in [6.07, 6.45) is 4.90. The minimum absolute atomic E-state index is 0.0318. The quantitative estimate of drug-likeness (QED) is 0.790. The smallest absolute Gasteiger partial charge is 0.254 e. The Balaban J connectivity index is 1.31. The molecule has 4 rings (SSSR count). The number of hydrogen-bond acceptors (Lipinski definition) is 6. The molecule has 1 aromatic rings. The van der Waals surface area contributed by atoms with Gasteiger partial charge in [0.25, 0.3) is 5.91 Å². The van der Waals surface area contributed by atoms with Crippen LogP contribution in [0, 0.1) is 5.41 Å². The summed E-state index contributed by atoms with van der Waals surface area (Å²) in [6, 6.07) is 5.33. The van der Waals surface area contributed by atoms with Crippen LogP contribution in [0.2, 0.25) is 0 Å². The van der Waals surface area contributed by atoms with Crippen LogP contribution in [0.25, 0.3) is 0 Å². The summed E-state index contributed by atoms with van der Waals surface area (Å²) in [4.78, 5) is 17.4. The topological polar surface area (TPSA) is 71.5 Å². The molecule has 1 spiro atoms. The first-order chi connectivity index (χ1) is 14.5. The monoisotopic (exact) mass is 418 g/mol. The summed E-state index contributed by atoms with van der Waals surface area (Å²) in [5.41, 5.74) is 0.804. The third-order valence-corrected chi connectivity index (χ3v) is 7.01. The number of hydrogen-bond donors (Lipinski definition) is 1. The normalized spacial score (nSPS) is 24.9. The summed E-state index contributed by atoms with van der Waals surface area (Å²) < 4.78 is 16.8. The number of benzene rings is 1. The van der Waals surface area contributed by atoms with Gasteiger partial charge >= 0.3 is 0 Å². The largest absolute Gasteiger partial charge is 0.497 e. The van der Waals surface area contributed by atoms with Crippen molar-refractivity contribution in [3.63, 3.8) is 0 Å². The fraction of sp³-hybridized carbons (Fsp3) is 0.696. The molecule has 3 saturated heterocycles. The Bertz CT molecular complexity index is 717. The van der Waals surface area contributed by atoms with E-state index in [4.69, 9.17) is 14.2 Å². The van der Waals surface area contributed by atoms with Crippen molar-refractivity contribution in [2.45, 2.75) is 44.3 Å². The van der Waals surface area contributed by atoms with Gasteiger partial charge in [-0.3, -0.25) is 4.79 Å². The molecule has 0 aliphatic carbocycles. The number of rotatable bonds is 5. The molecule has 1 N–H and O–H groups in total. The van der Waals surface area contributed by atoms with Gasteiger partial charge in [0.2, 0.25) is 0 Å². The Morgan fingerprint density at radius 1 is 1.10 bits per heavy atom. The van der Waals surface area contributed by atoms with Gasteiger partial charge < -0.3 is 29.1 Å². The highest BCUT2D eigenvalue weighted by Gasteiger charge is 2.43. The minimum Gasteiger partial charge on any atom is -0.497 e. The van der Waals surface area contributed by atoms with E-state index >= 15 is 0 Å². The van der Waals surface area contributed by atoms with Gasteiger partial charge in [0.05, 0.1) is 33.0 Å². The van der Waals surface area contributed by atoms with Crippen molar-refractivity contribution in [1.29, 1.82) is 0 Å². The molecule has 166 valence electrons. The summed E-state index contributed by atoms with van der Waals surface area (Å²) in [5, 5.41) is 9.69. The Morgan fingerprint density at radius 2 is 1.73 bits per heavy atom. The lowest BCUT2D eigenvalue weighted by Gasteiger charge is -2.38. The third kappa shape index (κ3) is 4.74. The lowest BCUT2D eigenvalue weighted by atomic mass is 9.76. The molecule has 3 heterocycles. The number of nitrogens with zero attached hydrogens (tertiary/aromatic N) is 2. The van der Waals surface area contributed by atoms with E-state index < -0.39 is 0 Å². The average Bonchev–Trinajstić information content (AvgIpc) is 3.16. The molecule has 1 atom stereocenters. The highest BCUT2D eigenvalue weighted by atomic mass is 16.5. The van der Waals surface area contributed by atoms with Gasteiger partial charge in [0.15, 0.2) is 0 Å². The summed E-state index contributed by atoms with van der Waals surface area (Å²) >= 11 is 0. The van der Waals surface area contributed by atoms with E-state index in [0.717, 1.165) is 71.4 Å². The molecule has 0 saturated carbocycles. The maximum absolute atomic E-state index is 13.0. The van der Waals surface area contributed by atoms with E-state index in [1.54, 1.807) is 32.4 Å². The van der Waals surface area contributed by atoms with Gasteiger partial charge in [0, 0.05) is 44.4 Å². The van der Waals surface area contributed by atoms with Gasteiger partial charge in [-0.2, -0.15) is 0 Å². The first kappa shape index (κ1) is 21.4. The van der Waals surface area contributed by atoms with Crippen molar-refractivity contribution >= 4 is 5.91 Å². The van der Waals surface area contributed by atoms with E-state index in [2.05, 4.69) is 4.90 Å². The molecule has 0 aromatic heterocycles. The number of carbonyl (C=O) groups excluding carboxylic acids is 1. The van der Waals surface area contributed by atoms with Crippen LogP contribution in [-0.2, 0) is 4.74 Å². The van der Waals surface area contributed by atoms with Gasteiger partial charge in [0.1, 0.15) is 11.5 Å². The predicted molar refractivity (Wildman–Crippen MR) is 113 cm³/mol. The van der Waals surface area contributed by atoms with E-state index in [9.17, 15) is 9.90 Å². The number of ether oxygens (including phenoxy) is 3. The highest BCUT2D eigenvalue weighted by Crippen LogP contribution is 2.42. The zero-order chi connectivity index (χ0) is 21.1. The molecule has 3 aliphatic heterocycles. The van der Waals surface area contributed by atoms with E-state index in [1.165, 1.54) is 0 Å². The number of aliphatic hydroxyl groups is 1. The molecule has 0 bridgehead atoms. The van der Waals surface area contributed by atoms with Gasteiger partial charge in [-0.05, 0) is 49.7 Å². The van der Waals surface area contributed by atoms with Crippen LogP contribution in [0.1, 0.15) is 42.5 Å². The maximum Gasteiger partial charge on any atom is 0.254 e. The zero-order valence-corrected chi connectivity index (χ0v) is 18.1. The van der Waals surface area contributed by atoms with Gasteiger partial charge in [-0.25, -0.2) is 0 Å². The van der Waals surface area contributed by atoms with Crippen molar-refractivity contribution in [2.75, 3.05) is 53.6 Å². The maximum atomic E-state index is 13.0. The number of amides is 1. The average molecular weight is 419 g/mol. The number of carbonyl (C=O) groups is 1. The Kier molecular flexibility index (Phi) is 6.51. The lowest BCUT2D eigenvalue weighted by molar-refractivity contribution is 0.0302. The summed E-state index contributed by atoms with van der Waals surface area (Å²) in [7, 11) is 3.19. The van der Waals surface area contributed by atoms with Crippen LogP contribution in [-0.4, -0.2) is 86.6 Å². The number of piperidine rings is 2. The summed E-state index contributed by atoms with van der Waals surface area (Å²) in [5.74, 6) is 1.29. The Hall–Kier alpha value is -1.83. The van der Waals surface area contributed by atoms with E-state index in [0.29, 0.717) is 17.1 Å². The second-order valence-electron chi connectivity index (χ2n) is 9.06. The number of likely N-dealkylation sites (tertiary alicyclic amines) is 2. The van der Waals surface area contributed by atoms with Crippen LogP contribution in [0.15, 0.2) is 18.2 Å². The molecule has 0 unspecified atom stereocenters. The van der Waals surface area contributed by atoms with Crippen molar-refractivity contribution in [3.8, 4) is 11.5 Å². The van der Waals surface area contributed by atoms with Crippen molar-refractivity contribution in [3.05, 3.63) is 23.8 Å². The SMILES string of the molecule is COc1cc(OC)cc(C(=O)N2CCC3(CC2)CO[C@@H](CN2CCC(O)CC2)C3)c1. The van der Waals surface area contributed by atoms with Crippen molar-refractivity contribution in [1.82, 2.24) is 9.80 Å². The number of methoxy groups -OCH3 is 2.